The SMILES string of the molecule is COC(=O)CN(CC(=O)OC)c1nccc(N)n1. The minimum absolute atomic E-state index is 0.158. The van der Waals surface area contributed by atoms with E-state index in [4.69, 9.17) is 5.73 Å². The molecule has 0 aliphatic rings. The van der Waals surface area contributed by atoms with E-state index < -0.39 is 11.9 Å². The highest BCUT2D eigenvalue weighted by Crippen LogP contribution is 2.08. The number of carbonyl (C=O) groups excluding carboxylic acids is 2. The van der Waals surface area contributed by atoms with E-state index in [0.29, 0.717) is 0 Å². The van der Waals surface area contributed by atoms with E-state index in [1.165, 1.54) is 31.4 Å². The Morgan fingerprint density at radius 1 is 1.28 bits per heavy atom. The van der Waals surface area contributed by atoms with Crippen molar-refractivity contribution in [3.8, 4) is 0 Å². The molecular weight excluding hydrogens is 240 g/mol. The highest BCUT2D eigenvalue weighted by molar-refractivity contribution is 5.80. The number of hydrogen-bond donors (Lipinski definition) is 1. The fourth-order valence-electron chi connectivity index (χ4n) is 1.15. The molecule has 0 saturated heterocycles. The fraction of sp³-hybridized carbons (Fsp3) is 0.400. The molecule has 1 rings (SSSR count). The molecule has 0 aliphatic carbocycles. The van der Waals surface area contributed by atoms with Gasteiger partial charge in [0, 0.05) is 6.20 Å². The summed E-state index contributed by atoms with van der Waals surface area (Å²) in [5.74, 6) is -0.652. The summed E-state index contributed by atoms with van der Waals surface area (Å²) in [6, 6.07) is 1.50. The highest BCUT2D eigenvalue weighted by Gasteiger charge is 2.18. The first-order valence-electron chi connectivity index (χ1n) is 5.04. The highest BCUT2D eigenvalue weighted by atomic mass is 16.5. The van der Waals surface area contributed by atoms with Gasteiger partial charge in [-0.3, -0.25) is 9.59 Å². The Morgan fingerprint density at radius 3 is 2.28 bits per heavy atom. The number of carbonyl (C=O) groups is 2. The lowest BCUT2D eigenvalue weighted by molar-refractivity contribution is -0.140. The smallest absolute Gasteiger partial charge is 0.325 e. The Morgan fingerprint density at radius 2 is 1.83 bits per heavy atom. The predicted molar refractivity (Wildman–Crippen MR) is 62.7 cm³/mol. The maximum absolute atomic E-state index is 11.2. The number of anilines is 2. The van der Waals surface area contributed by atoms with E-state index in [9.17, 15) is 9.59 Å². The maximum Gasteiger partial charge on any atom is 0.325 e. The van der Waals surface area contributed by atoms with Gasteiger partial charge in [-0.15, -0.1) is 0 Å². The van der Waals surface area contributed by atoms with Gasteiger partial charge in [0.15, 0.2) is 0 Å². The van der Waals surface area contributed by atoms with Gasteiger partial charge in [-0.1, -0.05) is 0 Å². The van der Waals surface area contributed by atoms with Crippen LogP contribution in [0.3, 0.4) is 0 Å². The molecule has 98 valence electrons. The first-order chi connectivity index (χ1) is 8.56. The van der Waals surface area contributed by atoms with Gasteiger partial charge in [-0.05, 0) is 6.07 Å². The van der Waals surface area contributed by atoms with Crippen LogP contribution in [0.4, 0.5) is 11.8 Å². The molecule has 8 heteroatoms. The Hall–Kier alpha value is -2.38. The van der Waals surface area contributed by atoms with E-state index in [1.54, 1.807) is 0 Å². The standard InChI is InChI=1S/C10H14N4O4/c1-17-8(15)5-14(6-9(16)18-2)10-12-4-3-7(11)13-10/h3-4H,5-6H2,1-2H3,(H2,11,12,13). The molecule has 18 heavy (non-hydrogen) atoms. The second-order valence-corrected chi connectivity index (χ2v) is 3.29. The third-order valence-electron chi connectivity index (χ3n) is 2.04. The number of hydrogen-bond acceptors (Lipinski definition) is 8. The van der Waals surface area contributed by atoms with Gasteiger partial charge < -0.3 is 20.1 Å². The van der Waals surface area contributed by atoms with Crippen molar-refractivity contribution < 1.29 is 19.1 Å². The summed E-state index contributed by atoms with van der Waals surface area (Å²) in [5.41, 5.74) is 5.51. The van der Waals surface area contributed by atoms with Crippen LogP contribution in [0.1, 0.15) is 0 Å². The molecule has 0 saturated carbocycles. The Kier molecular flexibility index (Phi) is 4.85. The third-order valence-corrected chi connectivity index (χ3v) is 2.04. The van der Waals surface area contributed by atoms with Crippen LogP contribution >= 0.6 is 0 Å². The van der Waals surface area contributed by atoms with Gasteiger partial charge in [-0.2, -0.15) is 4.98 Å². The molecule has 0 aromatic carbocycles. The van der Waals surface area contributed by atoms with E-state index in [0.717, 1.165) is 0 Å². The largest absolute Gasteiger partial charge is 0.468 e. The number of methoxy groups -OCH3 is 2. The molecule has 1 aromatic heterocycles. The van der Waals surface area contributed by atoms with Crippen LogP contribution in [0.15, 0.2) is 12.3 Å². The van der Waals surface area contributed by atoms with Crippen molar-refractivity contribution in [3.63, 3.8) is 0 Å². The maximum atomic E-state index is 11.2. The van der Waals surface area contributed by atoms with Gasteiger partial charge >= 0.3 is 11.9 Å². The van der Waals surface area contributed by atoms with Crippen molar-refractivity contribution in [1.82, 2.24) is 9.97 Å². The zero-order chi connectivity index (χ0) is 13.5. The van der Waals surface area contributed by atoms with Crippen LogP contribution in [-0.4, -0.2) is 49.2 Å². The second-order valence-electron chi connectivity index (χ2n) is 3.29. The van der Waals surface area contributed by atoms with Crippen LogP contribution in [-0.2, 0) is 19.1 Å². The number of aromatic nitrogens is 2. The molecule has 0 radical (unpaired) electrons. The minimum atomic E-state index is -0.523. The summed E-state index contributed by atoms with van der Waals surface area (Å²) in [6.07, 6.45) is 1.43. The number of nitrogens with two attached hydrogens (primary N) is 1. The van der Waals surface area contributed by atoms with Gasteiger partial charge in [0.05, 0.1) is 14.2 Å². The van der Waals surface area contributed by atoms with Crippen molar-refractivity contribution in [2.75, 3.05) is 37.9 Å². The summed E-state index contributed by atoms with van der Waals surface area (Å²) < 4.78 is 9.06. The molecule has 1 heterocycles. The molecule has 0 spiro atoms. The van der Waals surface area contributed by atoms with Gasteiger partial charge in [0.25, 0.3) is 0 Å². The zero-order valence-corrected chi connectivity index (χ0v) is 10.1. The number of rotatable bonds is 5. The molecular formula is C10H14N4O4. The van der Waals surface area contributed by atoms with Crippen molar-refractivity contribution in [1.29, 1.82) is 0 Å². The number of nitrogens with zero attached hydrogens (tertiary/aromatic N) is 3. The predicted octanol–water partition coefficient (Wildman–Crippen LogP) is -0.789. The van der Waals surface area contributed by atoms with Crippen LogP contribution in [0, 0.1) is 0 Å². The molecule has 8 nitrogen and oxygen atoms in total. The molecule has 0 bridgehead atoms. The Balaban J connectivity index is 2.88. The van der Waals surface area contributed by atoms with E-state index in [1.807, 2.05) is 0 Å². The second kappa shape index (κ2) is 6.38. The first-order valence-corrected chi connectivity index (χ1v) is 5.04. The molecule has 0 amide bonds. The molecule has 2 N–H and O–H groups in total. The van der Waals surface area contributed by atoms with Crippen LogP contribution in [0.5, 0.6) is 0 Å². The van der Waals surface area contributed by atoms with Crippen LogP contribution < -0.4 is 10.6 Å². The van der Waals surface area contributed by atoms with Gasteiger partial charge in [0.1, 0.15) is 18.9 Å². The average molecular weight is 254 g/mol. The van der Waals surface area contributed by atoms with Crippen molar-refractivity contribution >= 4 is 23.7 Å². The van der Waals surface area contributed by atoms with Crippen LogP contribution in [0.2, 0.25) is 0 Å². The molecule has 0 atom stereocenters. The summed E-state index contributed by atoms with van der Waals surface area (Å²) >= 11 is 0. The lowest BCUT2D eigenvalue weighted by Gasteiger charge is -2.19. The van der Waals surface area contributed by atoms with Crippen molar-refractivity contribution in [3.05, 3.63) is 12.3 Å². The number of nitrogen functional groups attached to an aromatic ring is 1. The summed E-state index contributed by atoms with van der Waals surface area (Å²) in [7, 11) is 2.50. The Bertz CT molecular complexity index is 420. The van der Waals surface area contributed by atoms with Crippen molar-refractivity contribution in [2.45, 2.75) is 0 Å². The first kappa shape index (κ1) is 13.7. The number of esters is 2. The Labute approximate surface area is 104 Å². The summed E-state index contributed by atoms with van der Waals surface area (Å²) in [5, 5.41) is 0. The lowest BCUT2D eigenvalue weighted by atomic mass is 10.4. The summed E-state index contributed by atoms with van der Waals surface area (Å²) in [4.78, 5) is 31.7. The summed E-state index contributed by atoms with van der Waals surface area (Å²) in [6.45, 7) is -0.343. The molecule has 0 unspecified atom stereocenters. The van der Waals surface area contributed by atoms with E-state index in [-0.39, 0.29) is 24.9 Å². The number of ether oxygens (including phenoxy) is 2. The van der Waals surface area contributed by atoms with Crippen LogP contribution in [0.25, 0.3) is 0 Å². The molecule has 0 fully saturated rings. The van der Waals surface area contributed by atoms with Gasteiger partial charge in [-0.25, -0.2) is 4.98 Å². The van der Waals surface area contributed by atoms with E-state index >= 15 is 0 Å². The lowest BCUT2D eigenvalue weighted by Crippen LogP contribution is -2.36. The topological polar surface area (TPSA) is 108 Å². The van der Waals surface area contributed by atoms with Crippen molar-refractivity contribution in [2.24, 2.45) is 0 Å². The normalized spacial score (nSPS) is 9.67. The third kappa shape index (κ3) is 3.89. The van der Waals surface area contributed by atoms with Gasteiger partial charge in [0.2, 0.25) is 5.95 Å². The molecule has 0 aliphatic heterocycles. The quantitative estimate of drug-likeness (QED) is 0.681. The monoisotopic (exact) mass is 254 g/mol. The zero-order valence-electron chi connectivity index (χ0n) is 10.1. The molecule has 1 aromatic rings. The van der Waals surface area contributed by atoms with E-state index in [2.05, 4.69) is 19.4 Å². The average Bonchev–Trinajstić information content (AvgIpc) is 2.37. The minimum Gasteiger partial charge on any atom is -0.468 e. The fourth-order valence-corrected chi connectivity index (χ4v) is 1.15.